The van der Waals surface area contributed by atoms with Crippen LogP contribution in [0, 0.1) is 48.1 Å². The zero-order valence-corrected chi connectivity index (χ0v) is 27.3. The molecule has 4 heterocycles. The Kier molecular flexibility index (Phi) is 5.74. The molecule has 0 saturated carbocycles. The maximum atomic E-state index is 11.5. The Balaban J connectivity index is 1.60. The van der Waals surface area contributed by atoms with E-state index >= 15 is 0 Å². The molecule has 210 valence electrons. The van der Waals surface area contributed by atoms with Crippen molar-refractivity contribution in [2.45, 2.75) is 88.3 Å². The van der Waals surface area contributed by atoms with E-state index in [0.717, 1.165) is 5.56 Å². The number of nitrogens with zero attached hydrogens (tertiary/aromatic N) is 2. The van der Waals surface area contributed by atoms with E-state index in [2.05, 4.69) is 86.0 Å². The highest BCUT2D eigenvalue weighted by Gasteiger charge is 3.08. The van der Waals surface area contributed by atoms with E-state index < -0.39 is 15.8 Å². The Morgan fingerprint density at radius 2 is 1.27 bits per heavy atom. The first-order valence-corrected chi connectivity index (χ1v) is 18.0. The van der Waals surface area contributed by atoms with Crippen molar-refractivity contribution >= 4 is 35.1 Å². The standard InChI is InChI=1S/C31H37N2O4P3/c1-26(2,3)25-39-24-29(21-12-16-23(17-13-21)33(36)37)31(40(25)29,28(7,8)9)38(30(24,39)27(4,5)6)19-18-20-10-14-22(15-11-20)32(34)35/h10-17,24-25H,1-9H3/t24-,25-,29+,30+,31+,38-,39?,40?/m0/s1. The van der Waals surface area contributed by atoms with Gasteiger partial charge >= 0.3 is 0 Å². The molecule has 9 heteroatoms. The minimum absolute atomic E-state index is 0.00688. The summed E-state index contributed by atoms with van der Waals surface area (Å²) in [7, 11) is -1.42. The van der Waals surface area contributed by atoms with Crippen LogP contribution in [0.1, 0.15) is 73.4 Å². The molecule has 4 aliphatic rings. The Labute approximate surface area is 240 Å². The monoisotopic (exact) mass is 594 g/mol. The van der Waals surface area contributed by atoms with Crippen molar-refractivity contribution in [3.8, 4) is 11.6 Å². The molecule has 2 aromatic rings. The number of nitro benzene ring substituents is 2. The van der Waals surface area contributed by atoms with E-state index in [1.807, 2.05) is 0 Å². The van der Waals surface area contributed by atoms with Gasteiger partial charge in [0.05, 0.1) is 9.85 Å². The molecule has 0 aromatic heterocycles. The van der Waals surface area contributed by atoms with Crippen LogP contribution < -0.4 is 0 Å². The summed E-state index contributed by atoms with van der Waals surface area (Å²) in [6, 6.07) is 14.2. The van der Waals surface area contributed by atoms with Gasteiger partial charge in [-0.05, 0) is 41.9 Å². The summed E-state index contributed by atoms with van der Waals surface area (Å²) in [6.45, 7) is 21.8. The number of benzene rings is 2. The molecule has 2 aromatic carbocycles. The molecular weight excluding hydrogens is 557 g/mol. The van der Waals surface area contributed by atoms with Crippen LogP contribution in [0.4, 0.5) is 11.4 Å². The second kappa shape index (κ2) is 8.13. The number of fused-ring (bicyclic) bond motifs is 2. The minimum atomic E-state index is -0.735. The van der Waals surface area contributed by atoms with E-state index in [9.17, 15) is 20.2 Å². The average Bonchev–Trinajstić information content (AvgIpc) is 3.65. The van der Waals surface area contributed by atoms with Crippen LogP contribution in [-0.2, 0) is 5.16 Å². The van der Waals surface area contributed by atoms with Gasteiger partial charge in [-0.2, -0.15) is 0 Å². The van der Waals surface area contributed by atoms with Gasteiger partial charge in [0.2, 0.25) is 0 Å². The third kappa shape index (κ3) is 3.08. The smallest absolute Gasteiger partial charge is 0.258 e. The molecule has 0 spiro atoms. The van der Waals surface area contributed by atoms with Crippen molar-refractivity contribution in [2.75, 3.05) is 0 Å². The van der Waals surface area contributed by atoms with Gasteiger partial charge in [-0.1, -0.05) is 102 Å². The van der Waals surface area contributed by atoms with Gasteiger partial charge in [0, 0.05) is 55.8 Å². The van der Waals surface area contributed by atoms with Crippen LogP contribution in [0.2, 0.25) is 0 Å². The van der Waals surface area contributed by atoms with E-state index in [1.165, 1.54) is 5.56 Å². The number of hydrogen-bond acceptors (Lipinski definition) is 4. The largest absolute Gasteiger partial charge is 0.269 e. The molecule has 40 heavy (non-hydrogen) atoms. The Hall–Kier alpha value is -1.91. The van der Waals surface area contributed by atoms with Gasteiger partial charge in [0.15, 0.2) is 0 Å². The molecule has 4 fully saturated rings. The maximum Gasteiger partial charge on any atom is 0.269 e. The summed E-state index contributed by atoms with van der Waals surface area (Å²) in [5.41, 5.74) is 7.16. The highest BCUT2D eigenvalue weighted by Crippen LogP contribution is 3.28. The fraction of sp³-hybridized carbons (Fsp3) is 0.548. The van der Waals surface area contributed by atoms with E-state index in [4.69, 9.17) is 0 Å². The molecule has 6 nitrogen and oxygen atoms in total. The summed E-state index contributed by atoms with van der Waals surface area (Å²) in [6.07, 6.45) is 0. The quantitative estimate of drug-likeness (QED) is 0.153. The van der Waals surface area contributed by atoms with E-state index in [-0.39, 0.29) is 60.3 Å². The third-order valence-corrected chi connectivity index (χ3v) is 26.2. The van der Waals surface area contributed by atoms with Crippen molar-refractivity contribution in [1.82, 2.24) is 0 Å². The zero-order valence-electron chi connectivity index (χ0n) is 24.6. The Bertz CT molecular complexity index is 1510. The molecule has 2 unspecified atom stereocenters. The van der Waals surface area contributed by atoms with Crippen LogP contribution in [-0.4, -0.2) is 30.7 Å². The number of hydrogen-bond donors (Lipinski definition) is 0. The normalized spacial score (nSPS) is 36.9. The van der Waals surface area contributed by atoms with Crippen molar-refractivity contribution in [3.63, 3.8) is 0 Å². The number of rotatable bonds is 3. The molecule has 0 aliphatic carbocycles. The topological polar surface area (TPSA) is 86.3 Å². The first-order chi connectivity index (χ1) is 18.4. The fourth-order valence-corrected chi connectivity index (χ4v) is 31.6. The molecule has 0 amide bonds. The van der Waals surface area contributed by atoms with Crippen molar-refractivity contribution in [2.24, 2.45) is 16.2 Å². The lowest BCUT2D eigenvalue weighted by atomic mass is 9.76. The van der Waals surface area contributed by atoms with Crippen molar-refractivity contribution in [1.29, 1.82) is 0 Å². The van der Waals surface area contributed by atoms with Crippen LogP contribution >= 0.6 is 23.8 Å². The summed E-state index contributed by atoms with van der Waals surface area (Å²) in [5, 5.41) is 23.5. The first-order valence-electron chi connectivity index (χ1n) is 13.8. The number of non-ortho nitro benzene ring substituents is 2. The van der Waals surface area contributed by atoms with E-state index in [1.54, 1.807) is 36.4 Å². The molecule has 0 N–H and O–H groups in total. The molecule has 8 atom stereocenters. The summed E-state index contributed by atoms with van der Waals surface area (Å²) < 4.78 is 0. The highest BCUT2D eigenvalue weighted by molar-refractivity contribution is 8.09. The van der Waals surface area contributed by atoms with Crippen molar-refractivity contribution < 1.29 is 9.85 Å². The molecule has 4 saturated heterocycles. The predicted molar refractivity (Wildman–Crippen MR) is 167 cm³/mol. The molecule has 4 aliphatic heterocycles. The predicted octanol–water partition coefficient (Wildman–Crippen LogP) is 9.43. The molecular formula is C31H37N2O4P3. The fourth-order valence-electron chi connectivity index (χ4n) is 8.58. The summed E-state index contributed by atoms with van der Waals surface area (Å²) in [4.78, 5) is 22.3. The van der Waals surface area contributed by atoms with Crippen LogP contribution in [0.5, 0.6) is 0 Å². The lowest BCUT2D eigenvalue weighted by molar-refractivity contribution is -0.385. The Morgan fingerprint density at radius 1 is 0.775 bits per heavy atom. The second-order valence-electron chi connectivity index (χ2n) is 14.8. The van der Waals surface area contributed by atoms with Gasteiger partial charge in [-0.15, -0.1) is 0 Å². The summed E-state index contributed by atoms with van der Waals surface area (Å²) in [5.74, 6) is 3.54. The van der Waals surface area contributed by atoms with Crippen LogP contribution in [0.3, 0.4) is 0 Å². The molecule has 0 radical (unpaired) electrons. The first kappa shape index (κ1) is 28.2. The van der Waals surface area contributed by atoms with E-state index in [0.29, 0.717) is 11.1 Å². The van der Waals surface area contributed by atoms with Gasteiger partial charge in [-0.3, -0.25) is 20.2 Å². The Morgan fingerprint density at radius 3 is 1.70 bits per heavy atom. The maximum absolute atomic E-state index is 11.5. The minimum Gasteiger partial charge on any atom is -0.258 e. The highest BCUT2D eigenvalue weighted by atomic mass is 31.2. The lowest BCUT2D eigenvalue weighted by Gasteiger charge is -2.51. The van der Waals surface area contributed by atoms with Gasteiger partial charge in [0.1, 0.15) is 0 Å². The SMILES string of the molecule is CC(C)(C)[C@H]1P2[C@@H]3[C@@]2(C(C)(C)C)[P@](C#Cc2ccc([N+](=O)[O-])cc2)[C@]2(C(C)(C)C)P1[C@]32c1ccc([N+](=O)[O-])cc1. The third-order valence-electron chi connectivity index (χ3n) is 9.60. The molecule has 6 rings (SSSR count). The van der Waals surface area contributed by atoms with Gasteiger partial charge in [0.25, 0.3) is 11.4 Å². The molecule has 0 bridgehead atoms. The lowest BCUT2D eigenvalue weighted by Crippen LogP contribution is -2.39. The summed E-state index contributed by atoms with van der Waals surface area (Å²) >= 11 is 0. The van der Waals surface area contributed by atoms with Crippen molar-refractivity contribution in [3.05, 3.63) is 79.9 Å². The van der Waals surface area contributed by atoms with Gasteiger partial charge in [-0.25, -0.2) is 0 Å². The van der Waals surface area contributed by atoms with Crippen LogP contribution in [0.15, 0.2) is 48.5 Å². The second-order valence-corrected chi connectivity index (χ2v) is 23.3. The van der Waals surface area contributed by atoms with Crippen LogP contribution in [0.25, 0.3) is 0 Å². The zero-order chi connectivity index (χ0) is 29.4. The van der Waals surface area contributed by atoms with Gasteiger partial charge < -0.3 is 0 Å². The average molecular weight is 595 g/mol. The number of nitro groups is 2.